The topological polar surface area (TPSA) is 99.4 Å². The molecule has 3 aromatic rings. The average molecular weight is 453 g/mol. The van der Waals surface area contributed by atoms with Gasteiger partial charge in [-0.25, -0.2) is 9.37 Å². The van der Waals surface area contributed by atoms with Gasteiger partial charge in [0.15, 0.2) is 0 Å². The van der Waals surface area contributed by atoms with Crippen LogP contribution in [0.4, 0.5) is 10.2 Å². The number of carbonyl (C=O) groups is 1. The van der Waals surface area contributed by atoms with Gasteiger partial charge in [0.1, 0.15) is 23.5 Å². The fourth-order valence-electron chi connectivity index (χ4n) is 4.22. The molecule has 2 N–H and O–H groups in total. The zero-order valence-corrected chi connectivity index (χ0v) is 18.9. The maximum Gasteiger partial charge on any atom is 0.236 e. The number of nitriles is 1. The second-order valence-corrected chi connectivity index (χ2v) is 9.06. The summed E-state index contributed by atoms with van der Waals surface area (Å²) in [6.07, 6.45) is 5.92. The van der Waals surface area contributed by atoms with E-state index in [4.69, 9.17) is 0 Å². The van der Waals surface area contributed by atoms with Gasteiger partial charge in [-0.05, 0) is 43.5 Å². The molecule has 1 aliphatic carbocycles. The highest BCUT2D eigenvalue weighted by Gasteiger charge is 2.22. The molecule has 1 aromatic carbocycles. The number of hydrogen-bond acceptors (Lipinski definition) is 5. The molecule has 0 unspecified atom stereocenters. The van der Waals surface area contributed by atoms with Gasteiger partial charge in [0.2, 0.25) is 11.1 Å². The van der Waals surface area contributed by atoms with Crippen LogP contribution >= 0.6 is 11.8 Å². The Bertz CT molecular complexity index is 1170. The second kappa shape index (κ2) is 9.57. The van der Waals surface area contributed by atoms with Crippen molar-refractivity contribution in [2.75, 3.05) is 11.1 Å². The minimum absolute atomic E-state index is 0.0953. The fourth-order valence-corrected chi connectivity index (χ4v) is 4.84. The molecule has 166 valence electrons. The Morgan fingerprint density at radius 1 is 1.38 bits per heavy atom. The van der Waals surface area contributed by atoms with Crippen LogP contribution in [-0.4, -0.2) is 31.4 Å². The van der Waals surface area contributed by atoms with E-state index in [1.165, 1.54) is 49.6 Å². The van der Waals surface area contributed by atoms with Crippen molar-refractivity contribution < 1.29 is 9.18 Å². The van der Waals surface area contributed by atoms with Crippen molar-refractivity contribution in [3.8, 4) is 11.8 Å². The number of carbonyl (C=O) groups excluding carboxylic acids is 1. The molecule has 0 atom stereocenters. The third kappa shape index (κ3) is 4.70. The summed E-state index contributed by atoms with van der Waals surface area (Å²) in [6, 6.07) is 8.22. The minimum atomic E-state index is -0.391. The summed E-state index contributed by atoms with van der Waals surface area (Å²) in [6.45, 7) is 3.65. The lowest BCUT2D eigenvalue weighted by Gasteiger charge is -2.13. The van der Waals surface area contributed by atoms with E-state index >= 15 is 0 Å². The number of amides is 1. The summed E-state index contributed by atoms with van der Waals surface area (Å²) in [5.41, 5.74) is 2.41. The lowest BCUT2D eigenvalue weighted by molar-refractivity contribution is -0.113. The number of aromatic nitrogens is 4. The highest BCUT2D eigenvalue weighted by Crippen LogP contribution is 2.31. The molecule has 0 saturated heterocycles. The largest absolute Gasteiger partial charge is 0.310 e. The summed E-state index contributed by atoms with van der Waals surface area (Å²) in [7, 11) is 0. The molecule has 1 aliphatic rings. The van der Waals surface area contributed by atoms with Gasteiger partial charge in [0.25, 0.3) is 0 Å². The highest BCUT2D eigenvalue weighted by atomic mass is 32.2. The number of H-pyrrole nitrogens is 1. The monoisotopic (exact) mass is 452 g/mol. The number of thioether (sulfide) groups is 1. The molecule has 0 bridgehead atoms. The van der Waals surface area contributed by atoms with E-state index in [9.17, 15) is 14.4 Å². The number of benzene rings is 1. The van der Waals surface area contributed by atoms with Crippen LogP contribution in [0, 0.1) is 36.9 Å². The van der Waals surface area contributed by atoms with Crippen molar-refractivity contribution in [3.05, 3.63) is 52.7 Å². The van der Waals surface area contributed by atoms with E-state index in [0.717, 1.165) is 23.5 Å². The first-order valence-electron chi connectivity index (χ1n) is 10.7. The lowest BCUT2D eigenvalue weighted by Crippen LogP contribution is -2.18. The molecule has 7 nitrogen and oxygen atoms in total. The van der Waals surface area contributed by atoms with Crippen LogP contribution in [0.25, 0.3) is 5.69 Å². The number of anilines is 1. The average Bonchev–Trinajstić information content (AvgIpc) is 3.49. The predicted octanol–water partition coefficient (Wildman–Crippen LogP) is 4.69. The smallest absolute Gasteiger partial charge is 0.236 e. The van der Waals surface area contributed by atoms with E-state index in [-0.39, 0.29) is 11.7 Å². The van der Waals surface area contributed by atoms with Gasteiger partial charge in [0.05, 0.1) is 17.0 Å². The Kier molecular flexibility index (Phi) is 6.61. The summed E-state index contributed by atoms with van der Waals surface area (Å²) < 4.78 is 15.5. The third-order valence-corrected chi connectivity index (χ3v) is 6.80. The van der Waals surface area contributed by atoms with Gasteiger partial charge >= 0.3 is 0 Å². The zero-order valence-electron chi connectivity index (χ0n) is 18.1. The first-order chi connectivity index (χ1) is 15.5. The molecule has 0 aliphatic heterocycles. The Morgan fingerprint density at radius 2 is 2.16 bits per heavy atom. The lowest BCUT2D eigenvalue weighted by atomic mass is 10.0. The van der Waals surface area contributed by atoms with Gasteiger partial charge < -0.3 is 5.32 Å². The van der Waals surface area contributed by atoms with Crippen LogP contribution in [0.3, 0.4) is 0 Å². The molecule has 9 heteroatoms. The molecule has 2 aromatic heterocycles. The van der Waals surface area contributed by atoms with Crippen LogP contribution in [0.2, 0.25) is 0 Å². The van der Waals surface area contributed by atoms with Crippen LogP contribution in [0.15, 0.2) is 29.4 Å². The first kappa shape index (κ1) is 22.1. The van der Waals surface area contributed by atoms with Crippen molar-refractivity contribution in [2.24, 2.45) is 5.92 Å². The van der Waals surface area contributed by atoms with Crippen molar-refractivity contribution >= 4 is 23.5 Å². The van der Waals surface area contributed by atoms with Gasteiger partial charge in [-0.2, -0.15) is 5.26 Å². The maximum atomic E-state index is 13.8. The molecule has 1 saturated carbocycles. The van der Waals surface area contributed by atoms with E-state index < -0.39 is 5.82 Å². The number of hydrogen-bond donors (Lipinski definition) is 2. The molecule has 0 radical (unpaired) electrons. The number of nitrogens with zero attached hydrogens (tertiary/aromatic N) is 4. The summed E-state index contributed by atoms with van der Waals surface area (Å²) in [4.78, 5) is 17.2. The molecule has 1 amide bonds. The third-order valence-electron chi connectivity index (χ3n) is 5.95. The predicted molar refractivity (Wildman–Crippen MR) is 121 cm³/mol. The summed E-state index contributed by atoms with van der Waals surface area (Å²) in [5.74, 6) is 1.28. The first-order valence-corrected chi connectivity index (χ1v) is 11.7. The standard InChI is InChI=1S/C23H25FN6OS/c1-14-15(2)30(18-9-5-8-17(24)11-18)22(19(14)12-25)27-21(31)13-32-23-26-20(28-29-23)10-16-6-3-4-7-16/h5,8-9,11,16H,3-4,6-7,10,13H2,1-2H3,(H,27,31)(H,26,28,29). The van der Waals surface area contributed by atoms with Gasteiger partial charge in [-0.3, -0.25) is 14.5 Å². The molecule has 32 heavy (non-hydrogen) atoms. The second-order valence-electron chi connectivity index (χ2n) is 8.12. The van der Waals surface area contributed by atoms with E-state index in [0.29, 0.717) is 28.1 Å². The quantitative estimate of drug-likeness (QED) is 0.507. The molecule has 1 fully saturated rings. The minimum Gasteiger partial charge on any atom is -0.310 e. The van der Waals surface area contributed by atoms with Crippen molar-refractivity contribution in [1.29, 1.82) is 5.26 Å². The normalized spacial score (nSPS) is 13.9. The molecule has 4 rings (SSSR count). The van der Waals surface area contributed by atoms with Crippen LogP contribution < -0.4 is 5.32 Å². The number of halogens is 1. The van der Waals surface area contributed by atoms with Crippen LogP contribution in [0.5, 0.6) is 0 Å². The highest BCUT2D eigenvalue weighted by molar-refractivity contribution is 7.99. The van der Waals surface area contributed by atoms with Gasteiger partial charge in [-0.15, -0.1) is 5.10 Å². The van der Waals surface area contributed by atoms with Crippen molar-refractivity contribution in [1.82, 2.24) is 19.7 Å². The Balaban J connectivity index is 1.47. The SMILES string of the molecule is Cc1c(C#N)c(NC(=O)CSc2n[nH]c(CC3CCCC3)n2)n(-c2cccc(F)c2)c1C. The Morgan fingerprint density at radius 3 is 2.88 bits per heavy atom. The van der Waals surface area contributed by atoms with E-state index in [1.54, 1.807) is 16.7 Å². The number of rotatable bonds is 7. The fraction of sp³-hybridized carbons (Fsp3) is 0.391. The van der Waals surface area contributed by atoms with Crippen molar-refractivity contribution in [3.63, 3.8) is 0 Å². The Labute approximate surface area is 190 Å². The number of aromatic amines is 1. The zero-order chi connectivity index (χ0) is 22.7. The van der Waals surface area contributed by atoms with Gasteiger partial charge in [-0.1, -0.05) is 43.5 Å². The molecule has 2 heterocycles. The van der Waals surface area contributed by atoms with Gasteiger partial charge in [0, 0.05) is 12.1 Å². The summed E-state index contributed by atoms with van der Waals surface area (Å²) in [5, 5.41) is 20.2. The molecular weight excluding hydrogens is 427 g/mol. The van der Waals surface area contributed by atoms with E-state index in [2.05, 4.69) is 26.6 Å². The summed E-state index contributed by atoms with van der Waals surface area (Å²) >= 11 is 1.24. The van der Waals surface area contributed by atoms with E-state index in [1.807, 2.05) is 13.8 Å². The van der Waals surface area contributed by atoms with Crippen LogP contribution in [-0.2, 0) is 11.2 Å². The number of nitrogens with one attached hydrogen (secondary N) is 2. The molecule has 0 spiro atoms. The maximum absolute atomic E-state index is 13.8. The van der Waals surface area contributed by atoms with Crippen LogP contribution in [0.1, 0.15) is 48.3 Å². The molecular formula is C23H25FN6OS. The Hall–Kier alpha value is -3.12. The van der Waals surface area contributed by atoms with Crippen molar-refractivity contribution in [2.45, 2.75) is 51.1 Å².